The molecule has 1 aliphatic heterocycles. The smallest absolute Gasteiger partial charge is 0.244 e. The minimum atomic E-state index is -3.73. The third kappa shape index (κ3) is 3.98. The zero-order chi connectivity index (χ0) is 19.4. The molecule has 1 aliphatic rings. The van der Waals surface area contributed by atoms with Gasteiger partial charge in [-0.25, -0.2) is 8.42 Å². The first-order valence-corrected chi connectivity index (χ1v) is 10.8. The van der Waals surface area contributed by atoms with E-state index in [0.717, 1.165) is 25.2 Å². The Morgan fingerprint density at radius 2 is 1.63 bits per heavy atom. The number of nitrogens with zero attached hydrogens (tertiary/aromatic N) is 2. The molecular formula is C21H26N2O3S. The minimum Gasteiger partial charge on any atom is -0.304 e. The molecule has 0 saturated heterocycles. The van der Waals surface area contributed by atoms with Gasteiger partial charge < -0.3 is 4.90 Å². The molecule has 0 amide bonds. The van der Waals surface area contributed by atoms with Crippen LogP contribution in [-0.4, -0.2) is 49.6 Å². The molecule has 2 aromatic carbocycles. The molecule has 1 atom stereocenters. The van der Waals surface area contributed by atoms with E-state index in [2.05, 4.69) is 18.7 Å². The lowest BCUT2D eigenvalue weighted by atomic mass is 10.0. The molecule has 5 nitrogen and oxygen atoms in total. The molecule has 27 heavy (non-hydrogen) atoms. The summed E-state index contributed by atoms with van der Waals surface area (Å²) in [5.41, 5.74) is 1.21. The lowest BCUT2D eigenvalue weighted by Gasteiger charge is -2.35. The Hall–Kier alpha value is -2.02. The fourth-order valence-electron chi connectivity index (χ4n) is 3.63. The molecule has 6 heteroatoms. The molecule has 0 radical (unpaired) electrons. The molecule has 0 spiro atoms. The van der Waals surface area contributed by atoms with E-state index in [1.807, 2.05) is 30.3 Å². The standard InChI is InChI=1S/C21H26N2O3S/c1-3-22(4-2)15-14-19(17-10-6-5-7-11-17)23-16-20(24)18-12-8-9-13-21(18)27(23,25)26/h5-13,19H,3-4,14-16H2,1-2H3. The van der Waals surface area contributed by atoms with Crippen molar-refractivity contribution in [1.82, 2.24) is 9.21 Å². The Morgan fingerprint density at radius 3 is 2.30 bits per heavy atom. The number of hydrogen-bond donors (Lipinski definition) is 0. The molecule has 3 rings (SSSR count). The van der Waals surface area contributed by atoms with Gasteiger partial charge in [0, 0.05) is 5.56 Å². The van der Waals surface area contributed by atoms with Crippen LogP contribution in [0.1, 0.15) is 42.2 Å². The number of hydrogen-bond acceptors (Lipinski definition) is 4. The monoisotopic (exact) mass is 386 g/mol. The van der Waals surface area contributed by atoms with Crippen LogP contribution in [0, 0.1) is 0 Å². The summed E-state index contributed by atoms with van der Waals surface area (Å²) < 4.78 is 28.0. The summed E-state index contributed by atoms with van der Waals surface area (Å²) in [5.74, 6) is -0.149. The first-order chi connectivity index (χ1) is 13.0. The van der Waals surface area contributed by atoms with Crippen LogP contribution in [0.25, 0.3) is 0 Å². The molecule has 0 saturated carbocycles. The molecule has 144 valence electrons. The molecular weight excluding hydrogens is 360 g/mol. The van der Waals surface area contributed by atoms with Crippen LogP contribution in [0.3, 0.4) is 0 Å². The first kappa shape index (κ1) is 19.7. The van der Waals surface area contributed by atoms with Crippen molar-refractivity contribution in [1.29, 1.82) is 0 Å². The number of Topliss-reactive ketones (excluding diaryl/α,β-unsaturated/α-hetero) is 1. The second kappa shape index (κ2) is 8.33. The van der Waals surface area contributed by atoms with Crippen LogP contribution in [0.4, 0.5) is 0 Å². The highest BCUT2D eigenvalue weighted by molar-refractivity contribution is 7.89. The Labute approximate surface area is 161 Å². The van der Waals surface area contributed by atoms with Crippen molar-refractivity contribution in [2.45, 2.75) is 31.2 Å². The van der Waals surface area contributed by atoms with Crippen molar-refractivity contribution in [2.24, 2.45) is 0 Å². The molecule has 0 N–H and O–H groups in total. The van der Waals surface area contributed by atoms with Crippen molar-refractivity contribution < 1.29 is 13.2 Å². The van der Waals surface area contributed by atoms with E-state index in [1.165, 1.54) is 10.4 Å². The van der Waals surface area contributed by atoms with Gasteiger partial charge in [-0.05, 0) is 43.8 Å². The van der Waals surface area contributed by atoms with E-state index in [-0.39, 0.29) is 23.3 Å². The lowest BCUT2D eigenvalue weighted by Crippen LogP contribution is -2.44. The summed E-state index contributed by atoms with van der Waals surface area (Å²) in [7, 11) is -3.73. The number of benzene rings is 2. The van der Waals surface area contributed by atoms with Crippen LogP contribution < -0.4 is 0 Å². The second-order valence-electron chi connectivity index (χ2n) is 6.71. The number of carbonyl (C=O) groups excluding carboxylic acids is 1. The number of carbonyl (C=O) groups is 1. The number of fused-ring (bicyclic) bond motifs is 1. The maximum atomic E-state index is 13.3. The summed E-state index contributed by atoms with van der Waals surface area (Å²) in [6, 6.07) is 15.7. The highest BCUT2D eigenvalue weighted by Gasteiger charge is 2.40. The zero-order valence-corrected chi connectivity index (χ0v) is 16.7. The average molecular weight is 387 g/mol. The van der Waals surface area contributed by atoms with Crippen LogP contribution in [0.15, 0.2) is 59.5 Å². The molecule has 1 unspecified atom stereocenters. The summed E-state index contributed by atoms with van der Waals surface area (Å²) in [6.45, 7) is 6.67. The predicted molar refractivity (Wildman–Crippen MR) is 106 cm³/mol. The van der Waals surface area contributed by atoms with Gasteiger partial charge >= 0.3 is 0 Å². The van der Waals surface area contributed by atoms with Crippen LogP contribution in [0.2, 0.25) is 0 Å². The largest absolute Gasteiger partial charge is 0.304 e. The van der Waals surface area contributed by atoms with Crippen LogP contribution >= 0.6 is 0 Å². The Bertz CT molecular complexity index is 893. The van der Waals surface area contributed by atoms with Gasteiger partial charge in [-0.1, -0.05) is 56.3 Å². The lowest BCUT2D eigenvalue weighted by molar-refractivity contribution is 0.0935. The van der Waals surface area contributed by atoms with E-state index in [0.29, 0.717) is 12.0 Å². The third-order valence-electron chi connectivity index (χ3n) is 5.22. The zero-order valence-electron chi connectivity index (χ0n) is 15.8. The van der Waals surface area contributed by atoms with E-state index in [9.17, 15) is 13.2 Å². The fraction of sp³-hybridized carbons (Fsp3) is 0.381. The number of rotatable bonds is 7. The highest BCUT2D eigenvalue weighted by atomic mass is 32.2. The SMILES string of the molecule is CCN(CC)CCC(c1ccccc1)N1CC(=O)c2ccccc2S1(=O)=O. The van der Waals surface area contributed by atoms with Gasteiger partial charge in [-0.2, -0.15) is 4.31 Å². The van der Waals surface area contributed by atoms with Crippen LogP contribution in [-0.2, 0) is 10.0 Å². The van der Waals surface area contributed by atoms with Gasteiger partial charge in [0.25, 0.3) is 0 Å². The summed E-state index contributed by atoms with van der Waals surface area (Å²) in [4.78, 5) is 15.0. The van der Waals surface area contributed by atoms with Gasteiger partial charge in [0.2, 0.25) is 10.0 Å². The van der Waals surface area contributed by atoms with E-state index >= 15 is 0 Å². The quantitative estimate of drug-likeness (QED) is 0.732. The van der Waals surface area contributed by atoms with Gasteiger partial charge in [0.1, 0.15) is 0 Å². The Kier molecular flexibility index (Phi) is 6.09. The van der Waals surface area contributed by atoms with Crippen molar-refractivity contribution >= 4 is 15.8 Å². The van der Waals surface area contributed by atoms with E-state index in [1.54, 1.807) is 18.2 Å². The van der Waals surface area contributed by atoms with Gasteiger partial charge in [-0.3, -0.25) is 4.79 Å². The summed E-state index contributed by atoms with van der Waals surface area (Å²) >= 11 is 0. The maximum absolute atomic E-state index is 13.3. The first-order valence-electron chi connectivity index (χ1n) is 9.40. The second-order valence-corrected chi connectivity index (χ2v) is 8.57. The molecule has 0 aromatic heterocycles. The number of sulfonamides is 1. The average Bonchev–Trinajstić information content (AvgIpc) is 2.70. The summed E-state index contributed by atoms with van der Waals surface area (Å²) in [6.07, 6.45) is 0.639. The Balaban J connectivity index is 2.00. The van der Waals surface area contributed by atoms with Gasteiger partial charge in [0.05, 0.1) is 17.5 Å². The molecule has 0 aliphatic carbocycles. The van der Waals surface area contributed by atoms with Gasteiger partial charge in [0.15, 0.2) is 5.78 Å². The number of ketones is 1. The van der Waals surface area contributed by atoms with Crippen molar-refractivity contribution in [2.75, 3.05) is 26.2 Å². The van der Waals surface area contributed by atoms with Crippen molar-refractivity contribution in [3.05, 3.63) is 65.7 Å². The summed E-state index contributed by atoms with van der Waals surface area (Å²) in [5, 5.41) is 0. The Morgan fingerprint density at radius 1 is 1.00 bits per heavy atom. The predicted octanol–water partition coefficient (Wildman–Crippen LogP) is 3.35. The molecule has 0 fully saturated rings. The highest BCUT2D eigenvalue weighted by Crippen LogP contribution is 2.35. The maximum Gasteiger partial charge on any atom is 0.244 e. The van der Waals surface area contributed by atoms with Crippen molar-refractivity contribution in [3.8, 4) is 0 Å². The van der Waals surface area contributed by atoms with E-state index < -0.39 is 10.0 Å². The molecule has 1 heterocycles. The van der Waals surface area contributed by atoms with Crippen LogP contribution in [0.5, 0.6) is 0 Å². The molecule has 2 aromatic rings. The third-order valence-corrected chi connectivity index (χ3v) is 7.13. The molecule has 0 bridgehead atoms. The van der Waals surface area contributed by atoms with Crippen molar-refractivity contribution in [3.63, 3.8) is 0 Å². The van der Waals surface area contributed by atoms with E-state index in [4.69, 9.17) is 0 Å². The fourth-order valence-corrected chi connectivity index (χ4v) is 5.45. The normalized spacial score (nSPS) is 17.7. The van der Waals surface area contributed by atoms with Gasteiger partial charge in [-0.15, -0.1) is 0 Å². The topological polar surface area (TPSA) is 57.7 Å². The minimum absolute atomic E-state index is 0.114.